The van der Waals surface area contributed by atoms with E-state index in [0.29, 0.717) is 37.1 Å². The molecule has 0 unspecified atom stereocenters. The van der Waals surface area contributed by atoms with Gasteiger partial charge in [0.25, 0.3) is 0 Å². The minimum Gasteiger partial charge on any atom is -0.481 e. The Morgan fingerprint density at radius 3 is 2.41 bits per heavy atom. The molecule has 9 nitrogen and oxygen atoms in total. The number of likely N-dealkylation sites (tertiary alicyclic amines) is 1. The first-order valence-corrected chi connectivity index (χ1v) is 13.6. The van der Waals surface area contributed by atoms with Gasteiger partial charge in [0.2, 0.25) is 15.9 Å². The van der Waals surface area contributed by atoms with Crippen LogP contribution in [0, 0.1) is 11.3 Å². The van der Waals surface area contributed by atoms with Crippen LogP contribution >= 0.6 is 0 Å². The van der Waals surface area contributed by atoms with E-state index in [9.17, 15) is 18.0 Å². The molecule has 3 aromatic carbocycles. The Hall–Kier alpha value is -3.76. The molecule has 1 saturated heterocycles. The number of nitrogens with zero attached hydrogens (tertiary/aromatic N) is 1. The average molecular weight is 523 g/mol. The number of benzene rings is 3. The van der Waals surface area contributed by atoms with Crippen LogP contribution < -0.4 is 10.5 Å². The number of carbonyl (C=O) groups excluding carboxylic acids is 1. The summed E-state index contributed by atoms with van der Waals surface area (Å²) >= 11 is 0. The fraction of sp³-hybridized carbons (Fsp3) is 0.296. The van der Waals surface area contributed by atoms with Crippen molar-refractivity contribution in [3.63, 3.8) is 0 Å². The molecule has 0 bridgehead atoms. The van der Waals surface area contributed by atoms with Gasteiger partial charge in [-0.25, -0.2) is 8.42 Å². The number of sulfonamides is 1. The second kappa shape index (κ2) is 11.1. The minimum absolute atomic E-state index is 0.0125. The van der Waals surface area contributed by atoms with E-state index >= 15 is 0 Å². The third kappa shape index (κ3) is 6.52. The van der Waals surface area contributed by atoms with Crippen LogP contribution in [0.25, 0.3) is 10.8 Å². The van der Waals surface area contributed by atoms with E-state index in [-0.39, 0.29) is 35.4 Å². The molecule has 0 spiro atoms. The lowest BCUT2D eigenvalue weighted by atomic mass is 9.93. The molecule has 1 fully saturated rings. The molecule has 10 heteroatoms. The highest BCUT2D eigenvalue weighted by Gasteiger charge is 2.32. The van der Waals surface area contributed by atoms with E-state index in [1.54, 1.807) is 41.3 Å². The number of nitrogens with one attached hydrogen (secondary N) is 2. The van der Waals surface area contributed by atoms with Crippen LogP contribution in [0.2, 0.25) is 0 Å². The Bertz CT molecular complexity index is 1430. The highest BCUT2D eigenvalue weighted by molar-refractivity contribution is 7.89. The molecule has 1 aliphatic rings. The fourth-order valence-corrected chi connectivity index (χ4v) is 5.92. The van der Waals surface area contributed by atoms with Crippen molar-refractivity contribution in [1.29, 1.82) is 5.41 Å². The summed E-state index contributed by atoms with van der Waals surface area (Å²) in [4.78, 5) is 26.3. The Morgan fingerprint density at radius 2 is 1.73 bits per heavy atom. The van der Waals surface area contributed by atoms with Crippen molar-refractivity contribution in [1.82, 2.24) is 9.62 Å². The molecule has 1 amide bonds. The van der Waals surface area contributed by atoms with Crippen molar-refractivity contribution < 1.29 is 23.1 Å². The van der Waals surface area contributed by atoms with Crippen molar-refractivity contribution >= 4 is 38.5 Å². The molecule has 0 aromatic heterocycles. The van der Waals surface area contributed by atoms with Crippen LogP contribution in [-0.2, 0) is 26.0 Å². The van der Waals surface area contributed by atoms with Gasteiger partial charge in [-0.2, -0.15) is 4.72 Å². The maximum Gasteiger partial charge on any atom is 0.303 e. The third-order valence-corrected chi connectivity index (χ3v) is 8.16. The van der Waals surface area contributed by atoms with Gasteiger partial charge in [-0.15, -0.1) is 0 Å². The number of nitrogens with two attached hydrogens (primary N) is 1. The van der Waals surface area contributed by atoms with E-state index in [4.69, 9.17) is 16.2 Å². The second-order valence-electron chi connectivity index (χ2n) is 9.37. The van der Waals surface area contributed by atoms with E-state index in [1.165, 1.54) is 6.07 Å². The Balaban J connectivity index is 1.60. The zero-order valence-corrected chi connectivity index (χ0v) is 21.1. The maximum atomic E-state index is 13.6. The molecular formula is C27H30N4O5S. The number of amides is 1. The summed E-state index contributed by atoms with van der Waals surface area (Å²) in [6.07, 6.45) is 1.21. The zero-order valence-electron chi connectivity index (χ0n) is 20.3. The van der Waals surface area contributed by atoms with E-state index < -0.39 is 22.0 Å². The molecule has 4 rings (SSSR count). The van der Waals surface area contributed by atoms with Crippen molar-refractivity contribution in [2.45, 2.75) is 36.6 Å². The van der Waals surface area contributed by atoms with Crippen LogP contribution in [0.15, 0.2) is 71.6 Å². The molecule has 0 saturated carbocycles. The molecule has 194 valence electrons. The smallest absolute Gasteiger partial charge is 0.303 e. The number of amidine groups is 1. The first-order valence-electron chi connectivity index (χ1n) is 12.1. The highest BCUT2D eigenvalue weighted by Crippen LogP contribution is 2.23. The lowest BCUT2D eigenvalue weighted by Crippen LogP contribution is -2.51. The van der Waals surface area contributed by atoms with Gasteiger partial charge in [0, 0.05) is 25.1 Å². The number of aliphatic carboxylic acids is 1. The second-order valence-corrected chi connectivity index (χ2v) is 11.1. The van der Waals surface area contributed by atoms with Crippen molar-refractivity contribution in [3.8, 4) is 0 Å². The Kier molecular flexibility index (Phi) is 7.89. The summed E-state index contributed by atoms with van der Waals surface area (Å²) in [7, 11) is -4.05. The van der Waals surface area contributed by atoms with Crippen LogP contribution in [0.3, 0.4) is 0 Å². The summed E-state index contributed by atoms with van der Waals surface area (Å²) < 4.78 is 29.4. The summed E-state index contributed by atoms with van der Waals surface area (Å²) in [5, 5.41) is 18.4. The van der Waals surface area contributed by atoms with Crippen LogP contribution in [0.4, 0.5) is 0 Å². The molecule has 5 N–H and O–H groups in total. The Labute approximate surface area is 215 Å². The van der Waals surface area contributed by atoms with Gasteiger partial charge in [0.15, 0.2) is 0 Å². The molecule has 0 aliphatic carbocycles. The van der Waals surface area contributed by atoms with Gasteiger partial charge in [0.1, 0.15) is 11.9 Å². The number of hydrogen-bond donors (Lipinski definition) is 4. The summed E-state index contributed by atoms with van der Waals surface area (Å²) in [5.74, 6) is -1.37. The molecule has 0 radical (unpaired) electrons. The molecular weight excluding hydrogens is 492 g/mol. The molecule has 1 heterocycles. The van der Waals surface area contributed by atoms with Crippen LogP contribution in [-0.4, -0.2) is 55.3 Å². The maximum absolute atomic E-state index is 13.6. The third-order valence-electron chi connectivity index (χ3n) is 6.69. The lowest BCUT2D eigenvalue weighted by Gasteiger charge is -2.34. The number of hydrogen-bond acceptors (Lipinski definition) is 5. The standard InChI is InChI=1S/C27H30N4O5S/c28-26(29)22-7-3-4-19(14-22)15-24(27(34)31-12-10-18(11-13-31)16-25(32)33)30-37(35,36)23-9-8-20-5-1-2-6-21(20)17-23/h1-9,14,17-18,24,30H,10-13,15-16H2,(H3,28,29)(H,32,33)/t24-/m1/s1. The monoisotopic (exact) mass is 522 g/mol. The van der Waals surface area contributed by atoms with Gasteiger partial charge in [-0.1, -0.05) is 48.5 Å². The zero-order chi connectivity index (χ0) is 26.6. The van der Waals surface area contributed by atoms with E-state index in [0.717, 1.165) is 10.8 Å². The first kappa shape index (κ1) is 26.3. The topological polar surface area (TPSA) is 154 Å². The lowest BCUT2D eigenvalue weighted by molar-refractivity contribution is -0.139. The average Bonchev–Trinajstić information content (AvgIpc) is 2.87. The number of carboxylic acid groups (broad SMARTS) is 1. The Morgan fingerprint density at radius 1 is 1.03 bits per heavy atom. The fourth-order valence-electron chi connectivity index (χ4n) is 4.70. The highest BCUT2D eigenvalue weighted by atomic mass is 32.2. The number of fused-ring (bicyclic) bond motifs is 1. The predicted octanol–water partition coefficient (Wildman–Crippen LogP) is 2.73. The van der Waals surface area contributed by atoms with Crippen molar-refractivity contribution in [3.05, 3.63) is 77.9 Å². The normalized spacial score (nSPS) is 15.4. The number of carboxylic acids is 1. The SMILES string of the molecule is N=C(N)c1cccc(C[C@@H](NS(=O)(=O)c2ccc3ccccc3c2)C(=O)N2CCC(CC(=O)O)CC2)c1. The minimum atomic E-state index is -4.05. The van der Waals surface area contributed by atoms with Crippen molar-refractivity contribution in [2.75, 3.05) is 13.1 Å². The van der Waals surface area contributed by atoms with Gasteiger partial charge in [-0.05, 0) is 59.7 Å². The molecule has 3 aromatic rings. The quantitative estimate of drug-likeness (QED) is 0.250. The first-order chi connectivity index (χ1) is 17.6. The summed E-state index contributed by atoms with van der Waals surface area (Å²) in [6, 6.07) is 18.0. The van der Waals surface area contributed by atoms with Gasteiger partial charge in [-0.3, -0.25) is 15.0 Å². The number of piperidine rings is 1. The molecule has 1 aliphatic heterocycles. The molecule has 1 atom stereocenters. The summed E-state index contributed by atoms with van der Waals surface area (Å²) in [6.45, 7) is 0.719. The molecule has 37 heavy (non-hydrogen) atoms. The number of nitrogen functional groups attached to an aromatic ring is 1. The van der Waals surface area contributed by atoms with Gasteiger partial charge in [0.05, 0.1) is 4.90 Å². The van der Waals surface area contributed by atoms with Crippen LogP contribution in [0.5, 0.6) is 0 Å². The number of carbonyl (C=O) groups is 2. The van der Waals surface area contributed by atoms with Gasteiger partial charge >= 0.3 is 5.97 Å². The number of rotatable bonds is 9. The largest absolute Gasteiger partial charge is 0.481 e. The van der Waals surface area contributed by atoms with Crippen LogP contribution in [0.1, 0.15) is 30.4 Å². The van der Waals surface area contributed by atoms with E-state index in [2.05, 4.69) is 4.72 Å². The van der Waals surface area contributed by atoms with E-state index in [1.807, 2.05) is 24.3 Å². The summed E-state index contributed by atoms with van der Waals surface area (Å²) in [5.41, 5.74) is 6.76. The predicted molar refractivity (Wildman–Crippen MR) is 141 cm³/mol. The van der Waals surface area contributed by atoms with Crippen molar-refractivity contribution in [2.24, 2.45) is 11.7 Å². The van der Waals surface area contributed by atoms with Gasteiger partial charge < -0.3 is 15.7 Å².